The highest BCUT2D eigenvalue weighted by Crippen LogP contribution is 2.29. The van der Waals surface area contributed by atoms with Crippen LogP contribution in [0.15, 0.2) is 60.9 Å². The molecule has 3 saturated heterocycles. The summed E-state index contributed by atoms with van der Waals surface area (Å²) >= 11 is 5.84. The average Bonchev–Trinajstić information content (AvgIpc) is 3.57. The molecule has 48 heavy (non-hydrogen) atoms. The number of halogens is 4. The Labute approximate surface area is 282 Å². The Morgan fingerprint density at radius 1 is 0.958 bits per heavy atom. The van der Waals surface area contributed by atoms with Gasteiger partial charge in [0.1, 0.15) is 23.7 Å². The summed E-state index contributed by atoms with van der Waals surface area (Å²) in [5, 5.41) is 7.66. The lowest BCUT2D eigenvalue weighted by molar-refractivity contribution is -0.0661. The molecule has 0 aliphatic carbocycles. The van der Waals surface area contributed by atoms with Gasteiger partial charge in [-0.05, 0) is 48.5 Å². The fourth-order valence-electron chi connectivity index (χ4n) is 5.65. The summed E-state index contributed by atoms with van der Waals surface area (Å²) in [4.78, 5) is 15.6. The minimum absolute atomic E-state index is 0.0488. The number of pyridine rings is 1. The van der Waals surface area contributed by atoms with Gasteiger partial charge < -0.3 is 25.4 Å². The first-order valence-corrected chi connectivity index (χ1v) is 16.3. The first-order chi connectivity index (χ1) is 23.3. The van der Waals surface area contributed by atoms with Crippen molar-refractivity contribution in [2.75, 3.05) is 94.7 Å². The van der Waals surface area contributed by atoms with Gasteiger partial charge in [-0.3, -0.25) is 9.80 Å². The topological polar surface area (TPSA) is 110 Å². The van der Waals surface area contributed by atoms with Crippen LogP contribution in [0.5, 0.6) is 0 Å². The van der Waals surface area contributed by atoms with Gasteiger partial charge in [-0.2, -0.15) is 0 Å². The molecule has 5 heterocycles. The third kappa shape index (κ3) is 8.74. The van der Waals surface area contributed by atoms with Crippen LogP contribution in [-0.2, 0) is 9.47 Å². The molecule has 0 atom stereocenters. The Hall–Kier alpha value is -3.95. The molecule has 11 nitrogen and oxygen atoms in total. The van der Waals surface area contributed by atoms with Crippen LogP contribution in [0.25, 0.3) is 17.2 Å². The molecule has 4 aromatic rings. The second-order valence-electron chi connectivity index (χ2n) is 11.8. The molecule has 2 aromatic carbocycles. The Balaban J connectivity index is 0.000000211. The van der Waals surface area contributed by atoms with E-state index in [-0.39, 0.29) is 22.1 Å². The zero-order valence-electron chi connectivity index (χ0n) is 26.4. The van der Waals surface area contributed by atoms with Gasteiger partial charge in [0.15, 0.2) is 5.82 Å². The third-order valence-electron chi connectivity index (χ3n) is 8.50. The standard InChI is InChI=1S/C21H20ClF3N6O.C12H19N3O/c22-16-9-14(1-2-17(16)23)31-12-26-21(28-31)18-7-13(20(24)25)8-19(27-18)30-5-3-29(4-6-30)15-10-32-11-15;13-11-2-1-3-12(10-11)14-4-5-15-6-8-16-9-7-15/h1-2,7-9,12,15,20H,3-6,10-11H2;1-3,10,14H,4-9,13H2. The van der Waals surface area contributed by atoms with Crippen molar-refractivity contribution in [3.63, 3.8) is 0 Å². The molecule has 3 fully saturated rings. The first kappa shape index (κ1) is 33.9. The number of hydrogen-bond acceptors (Lipinski definition) is 10. The molecule has 0 bridgehead atoms. The molecule has 2 aromatic heterocycles. The molecule has 0 radical (unpaired) electrons. The van der Waals surface area contributed by atoms with E-state index in [4.69, 9.17) is 26.8 Å². The van der Waals surface area contributed by atoms with E-state index in [1.807, 2.05) is 29.2 Å². The molecular weight excluding hydrogens is 647 g/mol. The molecule has 7 rings (SSSR count). The van der Waals surface area contributed by atoms with Crippen molar-refractivity contribution in [1.82, 2.24) is 29.5 Å². The molecular formula is C33H39ClF3N9O2. The van der Waals surface area contributed by atoms with E-state index in [0.29, 0.717) is 30.6 Å². The minimum Gasteiger partial charge on any atom is -0.399 e. The van der Waals surface area contributed by atoms with Crippen LogP contribution in [0.1, 0.15) is 12.0 Å². The number of hydrogen-bond donors (Lipinski definition) is 2. The highest BCUT2D eigenvalue weighted by molar-refractivity contribution is 6.30. The summed E-state index contributed by atoms with van der Waals surface area (Å²) in [6, 6.07) is 15.2. The molecule has 3 aliphatic heterocycles. The number of aromatic nitrogens is 4. The van der Waals surface area contributed by atoms with Crippen LogP contribution in [0.3, 0.4) is 0 Å². The van der Waals surface area contributed by atoms with Crippen molar-refractivity contribution < 1.29 is 22.6 Å². The molecule has 3 aliphatic rings. The maximum atomic E-state index is 13.6. The fourth-order valence-corrected chi connectivity index (χ4v) is 5.83. The van der Waals surface area contributed by atoms with Crippen LogP contribution >= 0.6 is 11.6 Å². The maximum Gasteiger partial charge on any atom is 0.264 e. The van der Waals surface area contributed by atoms with Gasteiger partial charge in [-0.15, -0.1) is 5.10 Å². The Kier molecular flexibility index (Phi) is 11.3. The van der Waals surface area contributed by atoms with Crippen molar-refractivity contribution in [2.24, 2.45) is 0 Å². The lowest BCUT2D eigenvalue weighted by Crippen LogP contribution is -2.56. The van der Waals surface area contributed by atoms with Gasteiger partial charge in [-0.25, -0.2) is 27.8 Å². The van der Waals surface area contributed by atoms with Gasteiger partial charge in [0.2, 0.25) is 0 Å². The van der Waals surface area contributed by atoms with Crippen LogP contribution in [-0.4, -0.2) is 114 Å². The van der Waals surface area contributed by atoms with Crippen LogP contribution in [0.2, 0.25) is 5.02 Å². The second-order valence-corrected chi connectivity index (χ2v) is 12.2. The quantitative estimate of drug-likeness (QED) is 0.243. The molecule has 256 valence electrons. The largest absolute Gasteiger partial charge is 0.399 e. The van der Waals surface area contributed by atoms with E-state index in [1.165, 1.54) is 41.3 Å². The number of ether oxygens (including phenoxy) is 2. The Bertz CT molecular complexity index is 1640. The van der Waals surface area contributed by atoms with Crippen LogP contribution in [0.4, 0.5) is 30.4 Å². The summed E-state index contributed by atoms with van der Waals surface area (Å²) in [6.07, 6.45) is -1.24. The lowest BCUT2D eigenvalue weighted by atomic mass is 10.1. The van der Waals surface area contributed by atoms with E-state index in [0.717, 1.165) is 77.1 Å². The highest BCUT2D eigenvalue weighted by atomic mass is 35.5. The van der Waals surface area contributed by atoms with E-state index < -0.39 is 12.2 Å². The van der Waals surface area contributed by atoms with Crippen molar-refractivity contribution in [2.45, 2.75) is 12.5 Å². The van der Waals surface area contributed by atoms with Crippen LogP contribution in [0, 0.1) is 5.82 Å². The van der Waals surface area contributed by atoms with E-state index in [9.17, 15) is 13.2 Å². The first-order valence-electron chi connectivity index (χ1n) is 16.0. The number of nitrogens with two attached hydrogens (primary N) is 1. The molecule has 0 spiro atoms. The number of alkyl halides is 2. The maximum absolute atomic E-state index is 13.6. The molecule has 15 heteroatoms. The summed E-state index contributed by atoms with van der Waals surface area (Å²) < 4.78 is 52.6. The Morgan fingerprint density at radius 2 is 1.75 bits per heavy atom. The highest BCUT2D eigenvalue weighted by Gasteiger charge is 2.29. The van der Waals surface area contributed by atoms with E-state index in [2.05, 4.69) is 30.2 Å². The number of nitrogens with zero attached hydrogens (tertiary/aromatic N) is 7. The summed E-state index contributed by atoms with van der Waals surface area (Å²) in [6.45, 7) is 10.3. The number of anilines is 3. The number of nitrogen functional groups attached to an aromatic ring is 1. The molecule has 0 unspecified atom stereocenters. The molecule has 0 amide bonds. The van der Waals surface area contributed by atoms with Gasteiger partial charge in [-0.1, -0.05) is 17.7 Å². The summed E-state index contributed by atoms with van der Waals surface area (Å²) in [5.41, 5.74) is 8.21. The zero-order valence-corrected chi connectivity index (χ0v) is 27.2. The fraction of sp³-hybridized carbons (Fsp3) is 0.424. The zero-order chi connectivity index (χ0) is 33.5. The second kappa shape index (κ2) is 16.0. The molecule has 3 N–H and O–H groups in total. The van der Waals surface area contributed by atoms with Crippen molar-refractivity contribution >= 4 is 28.8 Å². The van der Waals surface area contributed by atoms with Gasteiger partial charge in [0.25, 0.3) is 6.43 Å². The summed E-state index contributed by atoms with van der Waals surface area (Å²) in [7, 11) is 0. The number of piperazine rings is 1. The van der Waals surface area contributed by atoms with Crippen molar-refractivity contribution in [3.05, 3.63) is 77.3 Å². The van der Waals surface area contributed by atoms with E-state index >= 15 is 0 Å². The minimum atomic E-state index is -2.65. The Morgan fingerprint density at radius 3 is 2.44 bits per heavy atom. The number of nitrogens with one attached hydrogen (secondary N) is 1. The normalized spacial score (nSPS) is 17.6. The number of rotatable bonds is 9. The molecule has 0 saturated carbocycles. The van der Waals surface area contributed by atoms with Gasteiger partial charge >= 0.3 is 0 Å². The smallest absolute Gasteiger partial charge is 0.264 e. The van der Waals surface area contributed by atoms with Crippen LogP contribution < -0.4 is 16.0 Å². The summed E-state index contributed by atoms with van der Waals surface area (Å²) in [5.74, 6) is 0.125. The third-order valence-corrected chi connectivity index (χ3v) is 8.79. The van der Waals surface area contributed by atoms with Gasteiger partial charge in [0, 0.05) is 69.3 Å². The van der Waals surface area contributed by atoms with Crippen molar-refractivity contribution in [1.29, 1.82) is 0 Å². The van der Waals surface area contributed by atoms with Crippen molar-refractivity contribution in [3.8, 4) is 17.2 Å². The average molecular weight is 686 g/mol. The lowest BCUT2D eigenvalue weighted by Gasteiger charge is -2.42. The predicted octanol–water partition coefficient (Wildman–Crippen LogP) is 4.59. The predicted molar refractivity (Wildman–Crippen MR) is 180 cm³/mol. The number of morpholine rings is 1. The number of benzene rings is 2. The SMILES string of the molecule is Fc1ccc(-n2cnc(-c3cc(C(F)F)cc(N4CCN(C5COC5)CC4)n3)n2)cc1Cl.Nc1cccc(NCCN2CCOCC2)c1. The van der Waals surface area contributed by atoms with E-state index in [1.54, 1.807) is 0 Å². The van der Waals surface area contributed by atoms with Gasteiger partial charge in [0.05, 0.1) is 43.2 Å². The monoisotopic (exact) mass is 685 g/mol.